The summed E-state index contributed by atoms with van der Waals surface area (Å²) in [5.41, 5.74) is 0. The number of hydrogen-bond acceptors (Lipinski definition) is 1. The van der Waals surface area contributed by atoms with E-state index in [-0.39, 0.29) is 5.92 Å². The molecule has 2 nitrogen and oxygen atoms in total. The van der Waals surface area contributed by atoms with Crippen LogP contribution in [0.2, 0.25) is 0 Å². The smallest absolute Gasteiger partial charge is 0.307 e. The molecule has 0 aromatic heterocycles. The predicted molar refractivity (Wildman–Crippen MR) is 66.4 cm³/mol. The van der Waals surface area contributed by atoms with Crippen LogP contribution in [-0.4, -0.2) is 11.1 Å². The summed E-state index contributed by atoms with van der Waals surface area (Å²) in [7, 11) is 0. The molecular formula is C14H24O2. The van der Waals surface area contributed by atoms with Gasteiger partial charge < -0.3 is 5.11 Å². The molecule has 1 aliphatic carbocycles. The van der Waals surface area contributed by atoms with Gasteiger partial charge in [0.15, 0.2) is 0 Å². The van der Waals surface area contributed by atoms with Crippen LogP contribution in [0.25, 0.3) is 0 Å². The van der Waals surface area contributed by atoms with Crippen LogP contribution in [0.4, 0.5) is 0 Å². The Morgan fingerprint density at radius 3 is 2.81 bits per heavy atom. The summed E-state index contributed by atoms with van der Waals surface area (Å²) in [6.45, 7) is 2.21. The molecule has 92 valence electrons. The number of hydrogen-bond donors (Lipinski definition) is 1. The molecule has 1 N–H and O–H groups in total. The molecule has 1 rings (SSSR count). The van der Waals surface area contributed by atoms with E-state index < -0.39 is 5.97 Å². The fourth-order valence-corrected chi connectivity index (χ4v) is 2.49. The van der Waals surface area contributed by atoms with E-state index in [0.717, 1.165) is 25.7 Å². The summed E-state index contributed by atoms with van der Waals surface area (Å²) in [6, 6.07) is 0. The van der Waals surface area contributed by atoms with E-state index in [1.807, 2.05) is 0 Å². The van der Waals surface area contributed by atoms with Crippen LogP contribution in [0.5, 0.6) is 0 Å². The molecule has 2 atom stereocenters. The maximum Gasteiger partial charge on any atom is 0.307 e. The average Bonchev–Trinajstić information content (AvgIpc) is 2.71. The van der Waals surface area contributed by atoms with Crippen LogP contribution >= 0.6 is 0 Å². The van der Waals surface area contributed by atoms with Crippen LogP contribution in [0.3, 0.4) is 0 Å². The first kappa shape index (κ1) is 13.3. The summed E-state index contributed by atoms with van der Waals surface area (Å²) in [5, 5.41) is 9.02. The van der Waals surface area contributed by atoms with E-state index in [1.165, 1.54) is 25.7 Å². The first-order valence-corrected chi connectivity index (χ1v) is 6.65. The lowest BCUT2D eigenvalue weighted by molar-refractivity contribution is -0.142. The Balaban J connectivity index is 2.20. The minimum Gasteiger partial charge on any atom is -0.481 e. The van der Waals surface area contributed by atoms with Gasteiger partial charge in [0, 0.05) is 0 Å². The molecule has 0 aliphatic heterocycles. The molecule has 2 unspecified atom stereocenters. The minimum absolute atomic E-state index is 0.119. The molecule has 0 aromatic rings. The summed E-state index contributed by atoms with van der Waals surface area (Å²) in [4.78, 5) is 11.0. The van der Waals surface area contributed by atoms with Gasteiger partial charge in [0.2, 0.25) is 0 Å². The molecule has 0 bridgehead atoms. The van der Waals surface area contributed by atoms with Gasteiger partial charge in [-0.05, 0) is 31.6 Å². The number of aliphatic carboxylic acids is 1. The van der Waals surface area contributed by atoms with Gasteiger partial charge in [-0.1, -0.05) is 44.8 Å². The second kappa shape index (κ2) is 7.48. The highest BCUT2D eigenvalue weighted by Crippen LogP contribution is 2.32. The topological polar surface area (TPSA) is 37.3 Å². The Hall–Kier alpha value is -0.790. The van der Waals surface area contributed by atoms with E-state index in [0.29, 0.717) is 5.92 Å². The first-order chi connectivity index (χ1) is 7.75. The standard InChI is InChI=1S/C14H24O2/c1-2-3-4-5-6-7-9-12-10-8-11-13(12)14(15)16/h7,9,12-13H,2-6,8,10-11H2,1H3,(H,15,16). The van der Waals surface area contributed by atoms with Gasteiger partial charge in [-0.15, -0.1) is 0 Å². The third-order valence-corrected chi connectivity index (χ3v) is 3.49. The highest BCUT2D eigenvalue weighted by atomic mass is 16.4. The predicted octanol–water partition coefficient (Wildman–Crippen LogP) is 4.01. The lowest BCUT2D eigenvalue weighted by Crippen LogP contribution is -2.16. The Labute approximate surface area is 98.7 Å². The summed E-state index contributed by atoms with van der Waals surface area (Å²) >= 11 is 0. The Morgan fingerprint density at radius 1 is 1.31 bits per heavy atom. The summed E-state index contributed by atoms with van der Waals surface area (Å²) < 4.78 is 0. The Morgan fingerprint density at radius 2 is 2.12 bits per heavy atom. The second-order valence-electron chi connectivity index (χ2n) is 4.82. The van der Waals surface area contributed by atoms with Gasteiger partial charge >= 0.3 is 5.97 Å². The van der Waals surface area contributed by atoms with E-state index >= 15 is 0 Å². The average molecular weight is 224 g/mol. The largest absolute Gasteiger partial charge is 0.481 e. The third kappa shape index (κ3) is 4.38. The monoisotopic (exact) mass is 224 g/mol. The summed E-state index contributed by atoms with van der Waals surface area (Å²) in [6.07, 6.45) is 13.6. The molecular weight excluding hydrogens is 200 g/mol. The number of allylic oxidation sites excluding steroid dienone is 2. The highest BCUT2D eigenvalue weighted by molar-refractivity contribution is 5.71. The van der Waals surface area contributed by atoms with E-state index in [9.17, 15) is 4.79 Å². The van der Waals surface area contributed by atoms with Crippen molar-refractivity contribution >= 4 is 5.97 Å². The molecule has 0 amide bonds. The molecule has 0 heterocycles. The lowest BCUT2D eigenvalue weighted by atomic mass is 9.95. The van der Waals surface area contributed by atoms with Crippen molar-refractivity contribution in [3.8, 4) is 0 Å². The number of carboxylic acid groups (broad SMARTS) is 1. The third-order valence-electron chi connectivity index (χ3n) is 3.49. The van der Waals surface area contributed by atoms with Crippen LogP contribution in [0.15, 0.2) is 12.2 Å². The molecule has 16 heavy (non-hydrogen) atoms. The van der Waals surface area contributed by atoms with Gasteiger partial charge in [0.1, 0.15) is 0 Å². The van der Waals surface area contributed by atoms with Crippen LogP contribution in [0.1, 0.15) is 58.3 Å². The SMILES string of the molecule is CCCCCCC=CC1CCCC1C(=O)O. The zero-order chi connectivity index (χ0) is 11.8. The Kier molecular flexibility index (Phi) is 6.20. The van der Waals surface area contributed by atoms with Gasteiger partial charge in [-0.25, -0.2) is 0 Å². The van der Waals surface area contributed by atoms with Gasteiger partial charge in [0.25, 0.3) is 0 Å². The van der Waals surface area contributed by atoms with Crippen molar-refractivity contribution in [3.63, 3.8) is 0 Å². The van der Waals surface area contributed by atoms with Gasteiger partial charge in [-0.3, -0.25) is 4.79 Å². The molecule has 1 aliphatic rings. The van der Waals surface area contributed by atoms with E-state index in [2.05, 4.69) is 19.1 Å². The fourth-order valence-electron chi connectivity index (χ4n) is 2.49. The number of unbranched alkanes of at least 4 members (excludes halogenated alkanes) is 4. The Bertz CT molecular complexity index is 233. The van der Waals surface area contributed by atoms with Crippen molar-refractivity contribution in [2.45, 2.75) is 58.3 Å². The second-order valence-corrected chi connectivity index (χ2v) is 4.82. The van der Waals surface area contributed by atoms with Crippen molar-refractivity contribution in [1.29, 1.82) is 0 Å². The van der Waals surface area contributed by atoms with Crippen molar-refractivity contribution < 1.29 is 9.90 Å². The minimum atomic E-state index is -0.613. The van der Waals surface area contributed by atoms with Crippen LogP contribution in [-0.2, 0) is 4.79 Å². The van der Waals surface area contributed by atoms with Crippen molar-refractivity contribution in [2.24, 2.45) is 11.8 Å². The molecule has 1 fully saturated rings. The highest BCUT2D eigenvalue weighted by Gasteiger charge is 2.30. The van der Waals surface area contributed by atoms with E-state index in [1.54, 1.807) is 0 Å². The maximum absolute atomic E-state index is 11.0. The number of carboxylic acids is 1. The van der Waals surface area contributed by atoms with Crippen molar-refractivity contribution in [1.82, 2.24) is 0 Å². The van der Waals surface area contributed by atoms with Gasteiger partial charge in [0.05, 0.1) is 5.92 Å². The molecule has 0 aromatic carbocycles. The van der Waals surface area contributed by atoms with Crippen LogP contribution in [0, 0.1) is 11.8 Å². The summed E-state index contributed by atoms with van der Waals surface area (Å²) in [5.74, 6) is -0.436. The number of carbonyl (C=O) groups is 1. The van der Waals surface area contributed by atoms with Gasteiger partial charge in [-0.2, -0.15) is 0 Å². The fraction of sp³-hybridized carbons (Fsp3) is 0.786. The quantitative estimate of drug-likeness (QED) is 0.524. The maximum atomic E-state index is 11.0. The molecule has 0 saturated heterocycles. The zero-order valence-corrected chi connectivity index (χ0v) is 10.3. The van der Waals surface area contributed by atoms with Crippen molar-refractivity contribution in [2.75, 3.05) is 0 Å². The number of rotatable bonds is 7. The van der Waals surface area contributed by atoms with Crippen LogP contribution < -0.4 is 0 Å². The van der Waals surface area contributed by atoms with Crippen molar-refractivity contribution in [3.05, 3.63) is 12.2 Å². The normalized spacial score (nSPS) is 25.3. The lowest BCUT2D eigenvalue weighted by Gasteiger charge is -2.10. The molecule has 0 radical (unpaired) electrons. The van der Waals surface area contributed by atoms with E-state index in [4.69, 9.17) is 5.11 Å². The first-order valence-electron chi connectivity index (χ1n) is 6.65. The molecule has 0 spiro atoms. The molecule has 1 saturated carbocycles. The molecule has 2 heteroatoms. The zero-order valence-electron chi connectivity index (χ0n) is 10.3.